The number of hydrogen-bond donors (Lipinski definition) is 1. The second-order valence-electron chi connectivity index (χ2n) is 6.70. The van der Waals surface area contributed by atoms with Gasteiger partial charge >= 0.3 is 0 Å². The van der Waals surface area contributed by atoms with Crippen molar-refractivity contribution >= 4 is 34.8 Å². The summed E-state index contributed by atoms with van der Waals surface area (Å²) >= 11 is 1.18. The van der Waals surface area contributed by atoms with Crippen LogP contribution in [0.4, 0.5) is 11.4 Å². The van der Waals surface area contributed by atoms with Crippen molar-refractivity contribution in [1.82, 2.24) is 14.8 Å². The van der Waals surface area contributed by atoms with E-state index in [0.29, 0.717) is 17.5 Å². The molecule has 160 valence electrons. The number of anilines is 1. The van der Waals surface area contributed by atoms with E-state index in [4.69, 9.17) is 0 Å². The molecule has 1 aromatic heterocycles. The fourth-order valence-electron chi connectivity index (χ4n) is 2.93. The average molecular weight is 439 g/mol. The van der Waals surface area contributed by atoms with Gasteiger partial charge in [-0.1, -0.05) is 42.1 Å². The molecule has 0 saturated heterocycles. The number of aryl methyl sites for hydroxylation is 1. The third-order valence-electron chi connectivity index (χ3n) is 4.56. The van der Waals surface area contributed by atoms with E-state index in [-0.39, 0.29) is 35.1 Å². The van der Waals surface area contributed by atoms with E-state index in [0.717, 1.165) is 11.3 Å². The van der Waals surface area contributed by atoms with Crippen LogP contribution >= 0.6 is 11.8 Å². The summed E-state index contributed by atoms with van der Waals surface area (Å²) < 4.78 is 1.78. The second-order valence-corrected chi connectivity index (χ2v) is 7.64. The molecule has 0 aliphatic rings. The molecular formula is C21H21N5O4S. The van der Waals surface area contributed by atoms with Gasteiger partial charge in [-0.2, -0.15) is 0 Å². The Morgan fingerprint density at radius 2 is 1.94 bits per heavy atom. The largest absolute Gasteiger partial charge is 0.325 e. The number of non-ortho nitro benzene ring substituents is 1. The number of Topliss-reactive ketones (excluding diaryl/α,β-unsaturated/α-hetero) is 1. The lowest BCUT2D eigenvalue weighted by Crippen LogP contribution is -2.18. The molecule has 3 aromatic rings. The molecule has 31 heavy (non-hydrogen) atoms. The lowest BCUT2D eigenvalue weighted by molar-refractivity contribution is -0.384. The summed E-state index contributed by atoms with van der Waals surface area (Å²) in [6.07, 6.45) is 0.0502. The molecule has 0 spiro atoms. The molecule has 10 heteroatoms. The van der Waals surface area contributed by atoms with Gasteiger partial charge in [0.2, 0.25) is 5.91 Å². The predicted molar refractivity (Wildman–Crippen MR) is 117 cm³/mol. The molecule has 1 N–H and O–H groups in total. The number of nitrogens with zero attached hydrogens (tertiary/aromatic N) is 4. The van der Waals surface area contributed by atoms with Crippen LogP contribution in [0.3, 0.4) is 0 Å². The predicted octanol–water partition coefficient (Wildman–Crippen LogP) is 3.67. The number of carbonyl (C=O) groups excluding carboxylic acids is 2. The molecule has 0 bridgehead atoms. The van der Waals surface area contributed by atoms with Crippen molar-refractivity contribution in [2.24, 2.45) is 0 Å². The van der Waals surface area contributed by atoms with Gasteiger partial charge in [0, 0.05) is 29.9 Å². The molecule has 0 fully saturated rings. The summed E-state index contributed by atoms with van der Waals surface area (Å²) in [5.41, 5.74) is 1.84. The second kappa shape index (κ2) is 9.98. The van der Waals surface area contributed by atoms with E-state index in [1.54, 1.807) is 10.6 Å². The number of nitrogens with one attached hydrogen (secondary N) is 1. The van der Waals surface area contributed by atoms with Crippen LogP contribution in [-0.4, -0.2) is 37.1 Å². The maximum Gasteiger partial charge on any atom is 0.270 e. The van der Waals surface area contributed by atoms with Crippen molar-refractivity contribution in [2.45, 2.75) is 32.0 Å². The minimum Gasteiger partial charge on any atom is -0.325 e. The SMILES string of the molecule is CCn1c(CC(=O)Nc2ccccc2C)nnc1SCC(=O)c1cccc([N+](=O)[O-])c1. The van der Waals surface area contributed by atoms with E-state index in [1.165, 1.54) is 30.0 Å². The Morgan fingerprint density at radius 3 is 2.65 bits per heavy atom. The van der Waals surface area contributed by atoms with Crippen molar-refractivity contribution in [3.63, 3.8) is 0 Å². The maximum atomic E-state index is 12.4. The minimum atomic E-state index is -0.536. The van der Waals surface area contributed by atoms with Gasteiger partial charge in [-0.25, -0.2) is 0 Å². The number of nitro benzene ring substituents is 1. The zero-order chi connectivity index (χ0) is 22.4. The summed E-state index contributed by atoms with van der Waals surface area (Å²) in [4.78, 5) is 35.3. The molecule has 3 rings (SSSR count). The van der Waals surface area contributed by atoms with E-state index in [9.17, 15) is 19.7 Å². The lowest BCUT2D eigenvalue weighted by Gasteiger charge is -2.09. The van der Waals surface area contributed by atoms with Gasteiger partial charge in [0.15, 0.2) is 10.9 Å². The normalized spacial score (nSPS) is 10.6. The molecule has 1 amide bonds. The number of amides is 1. The first-order valence-electron chi connectivity index (χ1n) is 9.57. The molecule has 0 aliphatic heterocycles. The number of nitro groups is 1. The summed E-state index contributed by atoms with van der Waals surface area (Å²) in [6.45, 7) is 4.35. The summed E-state index contributed by atoms with van der Waals surface area (Å²) in [6, 6.07) is 13.1. The van der Waals surface area contributed by atoms with E-state index in [2.05, 4.69) is 15.5 Å². The summed E-state index contributed by atoms with van der Waals surface area (Å²) in [7, 11) is 0. The van der Waals surface area contributed by atoms with Gasteiger partial charge in [0.1, 0.15) is 5.82 Å². The van der Waals surface area contributed by atoms with Gasteiger partial charge < -0.3 is 9.88 Å². The van der Waals surface area contributed by atoms with Crippen LogP contribution in [-0.2, 0) is 17.8 Å². The first kappa shape index (κ1) is 22.2. The number of carbonyl (C=O) groups is 2. The lowest BCUT2D eigenvalue weighted by atomic mass is 10.1. The molecule has 0 aliphatic carbocycles. The highest BCUT2D eigenvalue weighted by molar-refractivity contribution is 7.99. The molecule has 0 atom stereocenters. The van der Waals surface area contributed by atoms with Gasteiger partial charge in [-0.3, -0.25) is 19.7 Å². The Morgan fingerprint density at radius 1 is 1.16 bits per heavy atom. The Kier molecular flexibility index (Phi) is 7.14. The van der Waals surface area contributed by atoms with Crippen molar-refractivity contribution in [2.75, 3.05) is 11.1 Å². The highest BCUT2D eigenvalue weighted by Crippen LogP contribution is 2.21. The molecule has 0 unspecified atom stereocenters. The topological polar surface area (TPSA) is 120 Å². The molecule has 9 nitrogen and oxygen atoms in total. The van der Waals surface area contributed by atoms with Crippen LogP contribution in [0.15, 0.2) is 53.7 Å². The third kappa shape index (κ3) is 5.54. The van der Waals surface area contributed by atoms with Crippen molar-refractivity contribution in [3.05, 3.63) is 75.6 Å². The van der Waals surface area contributed by atoms with Gasteiger partial charge in [0.05, 0.1) is 17.1 Å². The van der Waals surface area contributed by atoms with E-state index in [1.807, 2.05) is 38.1 Å². The average Bonchev–Trinajstić information content (AvgIpc) is 3.14. The van der Waals surface area contributed by atoms with Crippen LogP contribution in [0, 0.1) is 17.0 Å². The first-order chi connectivity index (χ1) is 14.9. The Balaban J connectivity index is 1.65. The molecular weight excluding hydrogens is 418 g/mol. The van der Waals surface area contributed by atoms with Crippen molar-refractivity contribution < 1.29 is 14.5 Å². The standard InChI is InChI=1S/C21H21N5O4S/c1-3-25-19(12-20(28)22-17-10-5-4-7-14(17)2)23-24-21(25)31-13-18(27)15-8-6-9-16(11-15)26(29)30/h4-11H,3,12-13H2,1-2H3,(H,22,28). The van der Waals surface area contributed by atoms with Gasteiger partial charge in [-0.15, -0.1) is 10.2 Å². The van der Waals surface area contributed by atoms with Crippen LogP contribution < -0.4 is 5.32 Å². The third-order valence-corrected chi connectivity index (χ3v) is 5.53. The fraction of sp³-hybridized carbons (Fsp3) is 0.238. The van der Waals surface area contributed by atoms with Crippen molar-refractivity contribution in [1.29, 1.82) is 0 Å². The quantitative estimate of drug-likeness (QED) is 0.234. The Hall–Kier alpha value is -3.53. The number of para-hydroxylation sites is 1. The zero-order valence-electron chi connectivity index (χ0n) is 17.1. The van der Waals surface area contributed by atoms with Crippen molar-refractivity contribution in [3.8, 4) is 0 Å². The number of benzene rings is 2. The molecule has 2 aromatic carbocycles. The van der Waals surface area contributed by atoms with Crippen LogP contribution in [0.5, 0.6) is 0 Å². The number of thioether (sulfide) groups is 1. The monoisotopic (exact) mass is 439 g/mol. The first-order valence-corrected chi connectivity index (χ1v) is 10.6. The van der Waals surface area contributed by atoms with Crippen LogP contribution in [0.2, 0.25) is 0 Å². The number of aromatic nitrogens is 3. The van der Waals surface area contributed by atoms with E-state index >= 15 is 0 Å². The number of rotatable bonds is 9. The molecule has 0 radical (unpaired) electrons. The summed E-state index contributed by atoms with van der Waals surface area (Å²) in [5.74, 6) is 0.0898. The Labute approximate surface area is 183 Å². The Bertz CT molecular complexity index is 1130. The zero-order valence-corrected chi connectivity index (χ0v) is 17.9. The fourth-order valence-corrected chi connectivity index (χ4v) is 3.85. The van der Waals surface area contributed by atoms with Gasteiger partial charge in [0.25, 0.3) is 5.69 Å². The molecule has 1 heterocycles. The smallest absolute Gasteiger partial charge is 0.270 e. The van der Waals surface area contributed by atoms with Crippen LogP contribution in [0.1, 0.15) is 28.7 Å². The van der Waals surface area contributed by atoms with Crippen LogP contribution in [0.25, 0.3) is 0 Å². The number of hydrogen-bond acceptors (Lipinski definition) is 7. The van der Waals surface area contributed by atoms with Gasteiger partial charge in [-0.05, 0) is 25.5 Å². The maximum absolute atomic E-state index is 12.4. The highest BCUT2D eigenvalue weighted by atomic mass is 32.2. The number of ketones is 1. The summed E-state index contributed by atoms with van der Waals surface area (Å²) in [5, 5.41) is 22.5. The highest BCUT2D eigenvalue weighted by Gasteiger charge is 2.18. The molecule has 0 saturated carbocycles. The minimum absolute atomic E-state index is 0.0502. The van der Waals surface area contributed by atoms with E-state index < -0.39 is 4.92 Å².